The van der Waals surface area contributed by atoms with Crippen molar-refractivity contribution in [3.63, 3.8) is 0 Å². The lowest BCUT2D eigenvalue weighted by atomic mass is 9.91. The molecule has 7 heteroatoms. The van der Waals surface area contributed by atoms with E-state index in [1.165, 1.54) is 16.6 Å². The predicted molar refractivity (Wildman–Crippen MR) is 96.9 cm³/mol. The van der Waals surface area contributed by atoms with Crippen LogP contribution in [-0.2, 0) is 16.1 Å². The standard InChI is InChI=1S/C18H20N4O2S/c1-18(2,3)15(23)9-17-21(16(24)12-25-17)11-13-10-19-22(20-13)14-7-5-4-6-8-14/h4-10H,11-12H2,1-3H3/b17-9+. The maximum absolute atomic E-state index is 12.3. The van der Waals surface area contributed by atoms with E-state index >= 15 is 0 Å². The number of allylic oxidation sites excluding steroid dienone is 1. The number of ketones is 1. The number of thioether (sulfide) groups is 1. The summed E-state index contributed by atoms with van der Waals surface area (Å²) in [5.41, 5.74) is 1.06. The highest BCUT2D eigenvalue weighted by Crippen LogP contribution is 2.31. The molecule has 25 heavy (non-hydrogen) atoms. The van der Waals surface area contributed by atoms with Gasteiger partial charge in [-0.15, -0.1) is 0 Å². The third-order valence-electron chi connectivity index (χ3n) is 3.75. The highest BCUT2D eigenvalue weighted by atomic mass is 32.2. The van der Waals surface area contributed by atoms with Crippen LogP contribution in [0.2, 0.25) is 0 Å². The molecule has 0 aliphatic carbocycles. The van der Waals surface area contributed by atoms with Crippen molar-refractivity contribution in [1.82, 2.24) is 19.9 Å². The molecule has 1 aliphatic rings. The van der Waals surface area contributed by atoms with Gasteiger partial charge in [0.15, 0.2) is 5.78 Å². The van der Waals surface area contributed by atoms with Gasteiger partial charge in [-0.1, -0.05) is 50.7 Å². The maximum atomic E-state index is 12.3. The van der Waals surface area contributed by atoms with Crippen molar-refractivity contribution in [2.45, 2.75) is 27.3 Å². The zero-order chi connectivity index (χ0) is 18.0. The van der Waals surface area contributed by atoms with Crippen LogP contribution in [0.1, 0.15) is 26.5 Å². The molecule has 3 rings (SSSR count). The fraction of sp³-hybridized carbons (Fsp3) is 0.333. The summed E-state index contributed by atoms with van der Waals surface area (Å²) in [4.78, 5) is 27.6. The number of benzene rings is 1. The quantitative estimate of drug-likeness (QED) is 0.788. The summed E-state index contributed by atoms with van der Waals surface area (Å²) in [5, 5.41) is 9.36. The Morgan fingerprint density at radius 3 is 2.68 bits per heavy atom. The summed E-state index contributed by atoms with van der Waals surface area (Å²) in [5.74, 6) is 0.325. The molecule has 6 nitrogen and oxygen atoms in total. The molecule has 1 aromatic heterocycles. The van der Waals surface area contributed by atoms with Crippen LogP contribution in [0.5, 0.6) is 0 Å². The molecule has 1 saturated heterocycles. The second-order valence-corrected chi connectivity index (χ2v) is 7.82. The second kappa shape index (κ2) is 6.84. The Bertz CT molecular complexity index is 821. The molecular weight excluding hydrogens is 336 g/mol. The minimum absolute atomic E-state index is 0.00244. The summed E-state index contributed by atoms with van der Waals surface area (Å²) in [6.07, 6.45) is 3.21. The highest BCUT2D eigenvalue weighted by Gasteiger charge is 2.30. The van der Waals surface area contributed by atoms with Crippen molar-refractivity contribution in [3.05, 3.63) is 53.3 Å². The Hall–Kier alpha value is -2.41. The van der Waals surface area contributed by atoms with Gasteiger partial charge < -0.3 is 0 Å². The van der Waals surface area contributed by atoms with Crippen molar-refractivity contribution >= 4 is 23.5 Å². The first-order valence-electron chi connectivity index (χ1n) is 8.00. The average Bonchev–Trinajstić information content (AvgIpc) is 3.17. The van der Waals surface area contributed by atoms with Crippen LogP contribution >= 0.6 is 11.8 Å². The molecular formula is C18H20N4O2S. The molecule has 130 valence electrons. The fourth-order valence-corrected chi connectivity index (χ4v) is 3.18. The molecule has 0 N–H and O–H groups in total. The zero-order valence-electron chi connectivity index (χ0n) is 14.5. The Kier molecular flexibility index (Phi) is 4.76. The van der Waals surface area contributed by atoms with E-state index in [9.17, 15) is 9.59 Å². The smallest absolute Gasteiger partial charge is 0.238 e. The van der Waals surface area contributed by atoms with Gasteiger partial charge in [-0.3, -0.25) is 14.5 Å². The fourth-order valence-electron chi connectivity index (χ4n) is 2.24. The van der Waals surface area contributed by atoms with E-state index in [0.29, 0.717) is 23.0 Å². The summed E-state index contributed by atoms with van der Waals surface area (Å²) in [6.45, 7) is 5.90. The van der Waals surface area contributed by atoms with Crippen molar-refractivity contribution in [1.29, 1.82) is 0 Å². The van der Waals surface area contributed by atoms with E-state index in [-0.39, 0.29) is 11.7 Å². The van der Waals surface area contributed by atoms with Gasteiger partial charge in [0.05, 0.1) is 29.2 Å². The van der Waals surface area contributed by atoms with Crippen molar-refractivity contribution in [2.24, 2.45) is 5.41 Å². The molecule has 1 fully saturated rings. The maximum Gasteiger partial charge on any atom is 0.238 e. The largest absolute Gasteiger partial charge is 0.300 e. The average molecular weight is 356 g/mol. The van der Waals surface area contributed by atoms with Crippen LogP contribution in [0.3, 0.4) is 0 Å². The van der Waals surface area contributed by atoms with E-state index in [1.807, 2.05) is 51.1 Å². The molecule has 2 heterocycles. The minimum Gasteiger partial charge on any atom is -0.300 e. The lowest BCUT2D eigenvalue weighted by molar-refractivity contribution is -0.125. The SMILES string of the molecule is CC(C)(C)C(=O)/C=C1/SCC(=O)N1Cc1cnn(-c2ccccc2)n1. The van der Waals surface area contributed by atoms with Crippen LogP contribution in [0.4, 0.5) is 0 Å². The number of hydrogen-bond donors (Lipinski definition) is 0. The van der Waals surface area contributed by atoms with Gasteiger partial charge in [0.1, 0.15) is 5.69 Å². The molecule has 1 aromatic carbocycles. The number of aromatic nitrogens is 3. The van der Waals surface area contributed by atoms with Gasteiger partial charge in [0.25, 0.3) is 0 Å². The first-order valence-corrected chi connectivity index (χ1v) is 8.99. The van der Waals surface area contributed by atoms with Crippen LogP contribution < -0.4 is 0 Å². The third-order valence-corrected chi connectivity index (χ3v) is 4.78. The van der Waals surface area contributed by atoms with Crippen LogP contribution in [-0.4, -0.2) is 37.3 Å². The number of carbonyl (C=O) groups excluding carboxylic acids is 2. The van der Waals surface area contributed by atoms with Gasteiger partial charge in [0.2, 0.25) is 5.91 Å². The van der Waals surface area contributed by atoms with E-state index in [0.717, 1.165) is 5.69 Å². The summed E-state index contributed by atoms with van der Waals surface area (Å²) >= 11 is 1.39. The van der Waals surface area contributed by atoms with Crippen LogP contribution in [0.25, 0.3) is 5.69 Å². The number of rotatable bonds is 4. The first kappa shape index (κ1) is 17.4. The molecule has 0 bridgehead atoms. The molecule has 0 radical (unpaired) electrons. The third kappa shape index (κ3) is 3.99. The first-order chi connectivity index (χ1) is 11.8. The molecule has 2 aromatic rings. The number of carbonyl (C=O) groups is 2. The van der Waals surface area contributed by atoms with E-state index < -0.39 is 5.41 Å². The monoisotopic (exact) mass is 356 g/mol. The lowest BCUT2D eigenvalue weighted by Crippen LogP contribution is -2.26. The predicted octanol–water partition coefficient (Wildman–Crippen LogP) is 2.80. The summed E-state index contributed by atoms with van der Waals surface area (Å²) < 4.78 is 0. The Labute approximate surface area is 150 Å². The highest BCUT2D eigenvalue weighted by molar-refractivity contribution is 8.04. The van der Waals surface area contributed by atoms with Gasteiger partial charge in [0, 0.05) is 11.5 Å². The Balaban J connectivity index is 1.79. The number of para-hydroxylation sites is 1. The van der Waals surface area contributed by atoms with Crippen molar-refractivity contribution in [3.8, 4) is 5.69 Å². The summed E-state index contributed by atoms with van der Waals surface area (Å²) in [7, 11) is 0. The second-order valence-electron chi connectivity index (χ2n) is 6.83. The van der Waals surface area contributed by atoms with E-state index in [2.05, 4.69) is 10.2 Å². The van der Waals surface area contributed by atoms with Gasteiger partial charge in [-0.2, -0.15) is 15.0 Å². The molecule has 1 amide bonds. The normalized spacial score (nSPS) is 16.7. The number of hydrogen-bond acceptors (Lipinski definition) is 5. The Morgan fingerprint density at radius 1 is 1.28 bits per heavy atom. The van der Waals surface area contributed by atoms with Crippen molar-refractivity contribution < 1.29 is 9.59 Å². The van der Waals surface area contributed by atoms with Crippen LogP contribution in [0.15, 0.2) is 47.6 Å². The molecule has 0 atom stereocenters. The van der Waals surface area contributed by atoms with Crippen molar-refractivity contribution in [2.75, 3.05) is 5.75 Å². The van der Waals surface area contributed by atoms with Gasteiger partial charge in [-0.05, 0) is 12.1 Å². The zero-order valence-corrected chi connectivity index (χ0v) is 15.3. The summed E-state index contributed by atoms with van der Waals surface area (Å²) in [6, 6.07) is 9.58. The van der Waals surface area contributed by atoms with E-state index in [1.54, 1.807) is 17.2 Å². The number of nitrogens with zero attached hydrogens (tertiary/aromatic N) is 4. The number of amides is 1. The lowest BCUT2D eigenvalue weighted by Gasteiger charge is -2.18. The topological polar surface area (TPSA) is 68.1 Å². The molecule has 0 unspecified atom stereocenters. The minimum atomic E-state index is -0.471. The molecule has 0 spiro atoms. The Morgan fingerprint density at radius 2 is 2.00 bits per heavy atom. The van der Waals surface area contributed by atoms with Gasteiger partial charge >= 0.3 is 0 Å². The van der Waals surface area contributed by atoms with E-state index in [4.69, 9.17) is 0 Å². The molecule has 0 saturated carbocycles. The molecule has 1 aliphatic heterocycles. The van der Waals surface area contributed by atoms with Crippen LogP contribution in [0, 0.1) is 5.41 Å². The van der Waals surface area contributed by atoms with Gasteiger partial charge in [-0.25, -0.2) is 0 Å².